The van der Waals surface area contributed by atoms with Crippen LogP contribution in [0.4, 0.5) is 4.39 Å². The van der Waals surface area contributed by atoms with Gasteiger partial charge in [-0.2, -0.15) is 0 Å². The normalized spacial score (nSPS) is 11.4. The van der Waals surface area contributed by atoms with Gasteiger partial charge in [-0.15, -0.1) is 0 Å². The van der Waals surface area contributed by atoms with E-state index in [0.717, 1.165) is 13.2 Å². The molecule has 114 valence electrons. The molecule has 0 aliphatic heterocycles. The predicted molar refractivity (Wildman–Crippen MR) is 69.8 cm³/mol. The lowest BCUT2D eigenvalue weighted by Gasteiger charge is -2.10. The van der Waals surface area contributed by atoms with E-state index in [1.807, 2.05) is 0 Å². The van der Waals surface area contributed by atoms with Crippen LogP contribution in [-0.2, 0) is 14.3 Å². The van der Waals surface area contributed by atoms with Crippen LogP contribution in [0, 0.1) is 5.82 Å². The molecule has 0 bridgehead atoms. The summed E-state index contributed by atoms with van der Waals surface area (Å²) in [4.78, 5) is 33.9. The van der Waals surface area contributed by atoms with Crippen LogP contribution in [0.3, 0.4) is 0 Å². The zero-order valence-corrected chi connectivity index (χ0v) is 11.3. The minimum atomic E-state index is -1.48. The number of carbonyl (C=O) groups excluding carboxylic acids is 3. The van der Waals surface area contributed by atoms with E-state index in [1.165, 1.54) is 18.2 Å². The van der Waals surface area contributed by atoms with Crippen molar-refractivity contribution in [3.05, 3.63) is 35.6 Å². The number of amides is 2. The number of halogens is 1. The third-order valence-corrected chi connectivity index (χ3v) is 2.49. The summed E-state index contributed by atoms with van der Waals surface area (Å²) in [6, 6.07) is 5.34. The molecular weight excluding hydrogens is 283 g/mol. The lowest BCUT2D eigenvalue weighted by molar-refractivity contribution is -0.150. The summed E-state index contributed by atoms with van der Waals surface area (Å²) in [7, 11) is 1.10. The Morgan fingerprint density at radius 2 is 1.95 bits per heavy atom. The van der Waals surface area contributed by atoms with Gasteiger partial charge in [0.1, 0.15) is 5.82 Å². The van der Waals surface area contributed by atoms with Crippen molar-refractivity contribution >= 4 is 17.8 Å². The van der Waals surface area contributed by atoms with Crippen molar-refractivity contribution in [1.82, 2.24) is 10.6 Å². The van der Waals surface area contributed by atoms with Crippen LogP contribution >= 0.6 is 0 Å². The monoisotopic (exact) mass is 298 g/mol. The molecule has 0 saturated carbocycles. The van der Waals surface area contributed by atoms with Crippen LogP contribution in [0.2, 0.25) is 0 Å². The Bertz CT molecular complexity index is 535. The Morgan fingerprint density at radius 3 is 2.57 bits per heavy atom. The fourth-order valence-electron chi connectivity index (χ4n) is 1.39. The van der Waals surface area contributed by atoms with Crippen molar-refractivity contribution < 1.29 is 28.6 Å². The maximum absolute atomic E-state index is 13.3. The molecule has 0 heterocycles. The van der Waals surface area contributed by atoms with Crippen LogP contribution in [0.1, 0.15) is 10.4 Å². The number of hydrogen-bond donors (Lipinski definition) is 3. The Morgan fingerprint density at radius 1 is 1.29 bits per heavy atom. The summed E-state index contributed by atoms with van der Waals surface area (Å²) in [6.07, 6.45) is -1.48. The molecule has 0 spiro atoms. The van der Waals surface area contributed by atoms with Crippen molar-refractivity contribution in [3.8, 4) is 0 Å². The molecule has 1 unspecified atom stereocenters. The zero-order valence-electron chi connectivity index (χ0n) is 11.3. The molecule has 0 aliphatic rings. The number of rotatable bonds is 6. The van der Waals surface area contributed by atoms with Gasteiger partial charge in [0.2, 0.25) is 5.91 Å². The van der Waals surface area contributed by atoms with Crippen molar-refractivity contribution in [3.63, 3.8) is 0 Å². The number of carbonyl (C=O) groups is 3. The molecule has 3 N–H and O–H groups in total. The Balaban J connectivity index is 2.38. The van der Waals surface area contributed by atoms with Crippen molar-refractivity contribution in [2.24, 2.45) is 0 Å². The number of benzene rings is 1. The largest absolute Gasteiger partial charge is 0.467 e. The van der Waals surface area contributed by atoms with Crippen molar-refractivity contribution in [1.29, 1.82) is 0 Å². The Kier molecular flexibility index (Phi) is 6.28. The quantitative estimate of drug-likeness (QED) is 0.597. The molecule has 0 radical (unpaired) electrons. The zero-order chi connectivity index (χ0) is 15.8. The van der Waals surface area contributed by atoms with Crippen LogP contribution in [-0.4, -0.2) is 49.2 Å². The molecule has 0 fully saturated rings. The fourth-order valence-corrected chi connectivity index (χ4v) is 1.39. The Labute approximate surface area is 120 Å². The van der Waals surface area contributed by atoms with E-state index >= 15 is 0 Å². The number of hydrogen-bond acceptors (Lipinski definition) is 5. The molecule has 0 aliphatic carbocycles. The van der Waals surface area contributed by atoms with Crippen LogP contribution in [0.25, 0.3) is 0 Å². The third kappa shape index (κ3) is 5.19. The minimum absolute atomic E-state index is 0.181. The molecule has 1 aromatic rings. The van der Waals surface area contributed by atoms with Gasteiger partial charge in [0, 0.05) is 0 Å². The number of methoxy groups -OCH3 is 1. The average molecular weight is 298 g/mol. The van der Waals surface area contributed by atoms with Gasteiger partial charge in [0.15, 0.2) is 6.10 Å². The Hall–Kier alpha value is -2.48. The summed E-state index contributed by atoms with van der Waals surface area (Å²) in [6.45, 7) is -0.762. The second kappa shape index (κ2) is 7.95. The van der Waals surface area contributed by atoms with E-state index in [4.69, 9.17) is 0 Å². The average Bonchev–Trinajstić information content (AvgIpc) is 2.49. The molecule has 1 aromatic carbocycles. The van der Waals surface area contributed by atoms with Crippen molar-refractivity contribution in [2.45, 2.75) is 6.10 Å². The first-order chi connectivity index (χ1) is 9.95. The van der Waals surface area contributed by atoms with E-state index in [1.54, 1.807) is 0 Å². The first-order valence-electron chi connectivity index (χ1n) is 6.01. The first kappa shape index (κ1) is 16.6. The highest BCUT2D eigenvalue weighted by molar-refractivity contribution is 5.96. The first-order valence-corrected chi connectivity index (χ1v) is 6.01. The van der Waals surface area contributed by atoms with Gasteiger partial charge in [-0.05, 0) is 12.1 Å². The minimum Gasteiger partial charge on any atom is -0.467 e. The highest BCUT2D eigenvalue weighted by Crippen LogP contribution is 2.05. The highest BCUT2D eigenvalue weighted by Gasteiger charge is 2.17. The number of nitrogens with one attached hydrogen (secondary N) is 2. The lowest BCUT2D eigenvalue weighted by Crippen LogP contribution is -2.42. The van der Waals surface area contributed by atoms with Crippen molar-refractivity contribution in [2.75, 3.05) is 20.2 Å². The van der Waals surface area contributed by atoms with E-state index in [2.05, 4.69) is 15.4 Å². The molecule has 0 saturated heterocycles. The third-order valence-electron chi connectivity index (χ3n) is 2.49. The predicted octanol–water partition coefficient (Wildman–Crippen LogP) is -0.794. The summed E-state index contributed by atoms with van der Waals surface area (Å²) in [5, 5.41) is 13.7. The molecule has 0 aromatic heterocycles. The van der Waals surface area contributed by atoms with Crippen LogP contribution in [0.5, 0.6) is 0 Å². The molecule has 8 heteroatoms. The number of aliphatic hydroxyl groups excluding tert-OH is 1. The topological polar surface area (TPSA) is 105 Å². The number of esters is 1. The van der Waals surface area contributed by atoms with Gasteiger partial charge in [0.05, 0.1) is 25.8 Å². The van der Waals surface area contributed by atoms with E-state index < -0.39 is 36.2 Å². The molecule has 1 atom stereocenters. The molecule has 7 nitrogen and oxygen atoms in total. The van der Waals surface area contributed by atoms with Crippen LogP contribution < -0.4 is 10.6 Å². The van der Waals surface area contributed by atoms with Gasteiger partial charge < -0.3 is 20.5 Å². The lowest BCUT2D eigenvalue weighted by atomic mass is 10.2. The molecule has 1 rings (SSSR count). The maximum atomic E-state index is 13.3. The fraction of sp³-hybridized carbons (Fsp3) is 0.308. The SMILES string of the molecule is COC(=O)C(O)CNC(=O)CNC(=O)c1ccccc1F. The molecule has 21 heavy (non-hydrogen) atoms. The number of ether oxygens (including phenoxy) is 1. The maximum Gasteiger partial charge on any atom is 0.336 e. The summed E-state index contributed by atoms with van der Waals surface area (Å²) < 4.78 is 17.6. The summed E-state index contributed by atoms with van der Waals surface area (Å²) in [5.41, 5.74) is -0.181. The van der Waals surface area contributed by atoms with E-state index in [-0.39, 0.29) is 12.1 Å². The summed E-state index contributed by atoms with van der Waals surface area (Å²) in [5.74, 6) is -2.96. The highest BCUT2D eigenvalue weighted by atomic mass is 19.1. The van der Waals surface area contributed by atoms with Gasteiger partial charge in [-0.25, -0.2) is 9.18 Å². The standard InChI is InChI=1S/C13H15FN2O5/c1-21-13(20)10(17)6-15-11(18)7-16-12(19)8-4-2-3-5-9(8)14/h2-5,10,17H,6-7H2,1H3,(H,15,18)(H,16,19). The molecular formula is C13H15FN2O5. The number of aliphatic hydroxyl groups is 1. The van der Waals surface area contributed by atoms with Gasteiger partial charge in [0.25, 0.3) is 5.91 Å². The second-order valence-electron chi connectivity index (χ2n) is 4.01. The van der Waals surface area contributed by atoms with E-state index in [0.29, 0.717) is 0 Å². The van der Waals surface area contributed by atoms with Crippen LogP contribution in [0.15, 0.2) is 24.3 Å². The van der Waals surface area contributed by atoms with E-state index in [9.17, 15) is 23.9 Å². The van der Waals surface area contributed by atoms with Gasteiger partial charge in [-0.1, -0.05) is 12.1 Å². The molecule has 2 amide bonds. The second-order valence-corrected chi connectivity index (χ2v) is 4.01. The van der Waals surface area contributed by atoms with Gasteiger partial charge >= 0.3 is 5.97 Å². The summed E-state index contributed by atoms with van der Waals surface area (Å²) >= 11 is 0. The van der Waals surface area contributed by atoms with Gasteiger partial charge in [-0.3, -0.25) is 9.59 Å². The smallest absolute Gasteiger partial charge is 0.336 e.